The molecule has 4 aliphatic carbocycles. The molecule has 0 saturated heterocycles. The quantitative estimate of drug-likeness (QED) is 0.110. The summed E-state index contributed by atoms with van der Waals surface area (Å²) in [7, 11) is 1.41. The van der Waals surface area contributed by atoms with Crippen molar-refractivity contribution in [3.63, 3.8) is 0 Å². The predicted octanol–water partition coefficient (Wildman–Crippen LogP) is 9.43. The number of rotatable bonds is 10. The van der Waals surface area contributed by atoms with Gasteiger partial charge in [-0.25, -0.2) is 0 Å². The molecule has 0 heterocycles. The third kappa shape index (κ3) is 5.54. The van der Waals surface area contributed by atoms with E-state index in [1.165, 1.54) is 73.4 Å². The molecule has 190 valence electrons. The molecule has 0 spiro atoms. The van der Waals surface area contributed by atoms with Crippen LogP contribution in [-0.2, 0) is 8.92 Å². The van der Waals surface area contributed by atoms with Gasteiger partial charge in [0.1, 0.15) is 0 Å². The van der Waals surface area contributed by atoms with Crippen LogP contribution < -0.4 is 0 Å². The van der Waals surface area contributed by atoms with Crippen LogP contribution in [-0.4, -0.2) is 19.3 Å². The molecule has 0 aromatic rings. The molecule has 0 aliphatic heterocycles. The van der Waals surface area contributed by atoms with Gasteiger partial charge in [0.05, 0.1) is 28.5 Å². The maximum Gasteiger partial charge on any atom is 0.0857 e. The van der Waals surface area contributed by atoms with Gasteiger partial charge in [-0.15, -0.1) is 0 Å². The molecule has 2 nitrogen and oxygen atoms in total. The highest BCUT2D eigenvalue weighted by atomic mass is 127. The number of allylic oxidation sites excluding steroid dienone is 1. The Labute approximate surface area is 221 Å². The lowest BCUT2D eigenvalue weighted by Gasteiger charge is -2.58. The summed E-state index contributed by atoms with van der Waals surface area (Å²) in [5, 5.41) is 0. The van der Waals surface area contributed by atoms with E-state index in [-0.39, 0.29) is 0 Å². The Bertz CT molecular complexity index is 681. The summed E-state index contributed by atoms with van der Waals surface area (Å²) in [4.78, 5) is 0. The molecule has 0 radical (unpaired) electrons. The second-order valence-electron chi connectivity index (χ2n) is 12.9. The highest BCUT2D eigenvalue weighted by Crippen LogP contribution is 2.67. The Kier molecular flexibility index (Phi) is 9.27. The summed E-state index contributed by atoms with van der Waals surface area (Å²) in [5.74, 6) is 5.51. The van der Waals surface area contributed by atoms with Crippen LogP contribution in [0.2, 0.25) is 0 Å². The van der Waals surface area contributed by atoms with Crippen molar-refractivity contribution >= 4 is 30.4 Å². The SMILES string of the molecule is CC(C)CCC[C@@H](C)C1CC[C@H]2[C@@H]3CC=C4C[C@@H](OCCOSI)CC[C@]4(C)[C@H]3CC[C@]12C. The lowest BCUT2D eigenvalue weighted by atomic mass is 9.47. The first-order valence-corrected chi connectivity index (χ1v) is 17.3. The minimum atomic E-state index is 0.403. The van der Waals surface area contributed by atoms with E-state index in [2.05, 4.69) is 61.9 Å². The number of halogens is 1. The zero-order valence-electron chi connectivity index (χ0n) is 21.9. The van der Waals surface area contributed by atoms with Gasteiger partial charge in [0.2, 0.25) is 0 Å². The van der Waals surface area contributed by atoms with E-state index in [0.717, 1.165) is 48.5 Å². The predicted molar refractivity (Wildman–Crippen MR) is 150 cm³/mol. The van der Waals surface area contributed by atoms with Gasteiger partial charge in [-0.1, -0.05) is 65.5 Å². The Morgan fingerprint density at radius 2 is 1.85 bits per heavy atom. The third-order valence-corrected chi connectivity index (χ3v) is 11.8. The first kappa shape index (κ1) is 26.8. The average molecular weight is 589 g/mol. The number of ether oxygens (including phenoxy) is 1. The van der Waals surface area contributed by atoms with Crippen LogP contribution in [0, 0.1) is 46.3 Å². The molecule has 4 aliphatic rings. The minimum absolute atomic E-state index is 0.403. The molecule has 0 aromatic carbocycles. The van der Waals surface area contributed by atoms with Gasteiger partial charge in [0.25, 0.3) is 0 Å². The number of hydrogen-bond donors (Lipinski definition) is 0. The molecule has 0 bridgehead atoms. The van der Waals surface area contributed by atoms with Gasteiger partial charge in [0.15, 0.2) is 0 Å². The highest BCUT2D eigenvalue weighted by molar-refractivity contribution is 14.2. The van der Waals surface area contributed by atoms with Crippen LogP contribution in [0.25, 0.3) is 0 Å². The summed E-state index contributed by atoms with van der Waals surface area (Å²) in [6, 6.07) is 0. The van der Waals surface area contributed by atoms with Crippen molar-refractivity contribution in [1.29, 1.82) is 0 Å². The van der Waals surface area contributed by atoms with Gasteiger partial charge < -0.3 is 8.92 Å². The maximum atomic E-state index is 6.21. The molecule has 4 heteroatoms. The van der Waals surface area contributed by atoms with Crippen molar-refractivity contribution in [1.82, 2.24) is 0 Å². The number of fused-ring (bicyclic) bond motifs is 5. The summed E-state index contributed by atoms with van der Waals surface area (Å²) in [5.41, 5.74) is 2.76. The normalized spacial score (nSPS) is 41.3. The van der Waals surface area contributed by atoms with Crippen LogP contribution in [0.1, 0.15) is 105 Å². The summed E-state index contributed by atoms with van der Waals surface area (Å²) in [6.45, 7) is 14.1. The van der Waals surface area contributed by atoms with Gasteiger partial charge in [-0.2, -0.15) is 0 Å². The van der Waals surface area contributed by atoms with Crippen LogP contribution in [0.15, 0.2) is 11.6 Å². The molecule has 0 amide bonds. The van der Waals surface area contributed by atoms with Crippen LogP contribution >= 0.6 is 30.4 Å². The van der Waals surface area contributed by atoms with Crippen molar-refractivity contribution in [3.8, 4) is 0 Å². The molecule has 3 saturated carbocycles. The molecular formula is C29H49IO2S. The Balaban J connectivity index is 1.40. The second kappa shape index (κ2) is 11.4. The van der Waals surface area contributed by atoms with Gasteiger partial charge in [-0.3, -0.25) is 0 Å². The Morgan fingerprint density at radius 1 is 1.03 bits per heavy atom. The van der Waals surface area contributed by atoms with E-state index < -0.39 is 0 Å². The lowest BCUT2D eigenvalue weighted by molar-refractivity contribution is -0.0650. The smallest absolute Gasteiger partial charge is 0.0857 e. The molecule has 33 heavy (non-hydrogen) atoms. The van der Waals surface area contributed by atoms with Crippen molar-refractivity contribution in [3.05, 3.63) is 11.6 Å². The topological polar surface area (TPSA) is 18.5 Å². The fourth-order valence-corrected chi connectivity index (χ4v) is 9.75. The van der Waals surface area contributed by atoms with Crippen molar-refractivity contribution in [2.75, 3.05) is 13.2 Å². The molecule has 0 N–H and O–H groups in total. The standard InChI is InChI=1S/C29H49IO2S/c1-20(2)7-6-8-21(3)25-11-12-26-24-10-9-22-19-23(31-17-18-32-33-30)13-15-28(22,4)27(24)14-16-29(25,26)5/h9,20-21,23-27H,6-8,10-19H2,1-5H3/t21-,23+,24+,25?,26+,27+,28+,29-/m1/s1. The van der Waals surface area contributed by atoms with E-state index in [0.29, 0.717) is 23.5 Å². The summed E-state index contributed by atoms with van der Waals surface area (Å²) < 4.78 is 11.6. The Morgan fingerprint density at radius 3 is 2.61 bits per heavy atom. The van der Waals surface area contributed by atoms with Crippen molar-refractivity contribution < 1.29 is 8.92 Å². The second-order valence-corrected chi connectivity index (χ2v) is 14.4. The zero-order valence-corrected chi connectivity index (χ0v) is 24.9. The lowest BCUT2D eigenvalue weighted by Crippen LogP contribution is -2.51. The van der Waals surface area contributed by atoms with Crippen LogP contribution in [0.3, 0.4) is 0 Å². The highest BCUT2D eigenvalue weighted by Gasteiger charge is 2.59. The van der Waals surface area contributed by atoms with Crippen molar-refractivity contribution in [2.45, 2.75) is 111 Å². The molecule has 8 atom stereocenters. The summed E-state index contributed by atoms with van der Waals surface area (Å²) in [6.07, 6.45) is 18.4. The van der Waals surface area contributed by atoms with Gasteiger partial charge in [-0.05, 0) is 97.7 Å². The summed E-state index contributed by atoms with van der Waals surface area (Å²) >= 11 is 2.18. The minimum Gasteiger partial charge on any atom is -0.375 e. The molecular weight excluding hydrogens is 539 g/mol. The fourth-order valence-electron chi connectivity index (χ4n) is 9.07. The third-order valence-electron chi connectivity index (χ3n) is 10.8. The van der Waals surface area contributed by atoms with E-state index in [1.54, 1.807) is 5.57 Å². The first-order chi connectivity index (χ1) is 15.8. The van der Waals surface area contributed by atoms with E-state index >= 15 is 0 Å². The Hall–Kier alpha value is 0.740. The maximum absolute atomic E-state index is 6.21. The van der Waals surface area contributed by atoms with E-state index in [1.807, 2.05) is 0 Å². The van der Waals surface area contributed by atoms with E-state index in [9.17, 15) is 0 Å². The zero-order chi connectivity index (χ0) is 23.6. The van der Waals surface area contributed by atoms with Crippen molar-refractivity contribution in [2.24, 2.45) is 46.3 Å². The van der Waals surface area contributed by atoms with Gasteiger partial charge >= 0.3 is 0 Å². The molecule has 3 fully saturated rings. The first-order valence-electron chi connectivity index (χ1n) is 14.0. The van der Waals surface area contributed by atoms with Crippen LogP contribution in [0.4, 0.5) is 0 Å². The number of hydrogen-bond acceptors (Lipinski definition) is 3. The largest absolute Gasteiger partial charge is 0.375 e. The monoisotopic (exact) mass is 588 g/mol. The molecule has 0 aromatic heterocycles. The van der Waals surface area contributed by atoms with Crippen LogP contribution in [0.5, 0.6) is 0 Å². The molecule has 4 rings (SSSR count). The van der Waals surface area contributed by atoms with Gasteiger partial charge in [0, 0.05) is 21.2 Å². The molecule has 1 unspecified atom stereocenters. The fraction of sp³-hybridized carbons (Fsp3) is 0.931. The van der Waals surface area contributed by atoms with E-state index in [4.69, 9.17) is 8.92 Å². The average Bonchev–Trinajstić information content (AvgIpc) is 3.14.